The number of para-hydroxylation sites is 1. The number of hydrogen-bond acceptors (Lipinski definition) is 3. The third-order valence-corrected chi connectivity index (χ3v) is 5.94. The van der Waals surface area contributed by atoms with E-state index in [-0.39, 0.29) is 24.1 Å². The Morgan fingerprint density at radius 2 is 1.73 bits per heavy atom. The molecule has 1 fully saturated rings. The molecule has 1 aliphatic rings. The minimum atomic E-state index is -0.485. The van der Waals surface area contributed by atoms with Crippen LogP contribution in [0.2, 0.25) is 0 Å². The minimum absolute atomic E-state index is 0.0787. The summed E-state index contributed by atoms with van der Waals surface area (Å²) < 4.78 is 0. The van der Waals surface area contributed by atoms with E-state index in [2.05, 4.69) is 10.6 Å². The maximum atomic E-state index is 13.0. The predicted octanol–water partition coefficient (Wildman–Crippen LogP) is 4.23. The highest BCUT2D eigenvalue weighted by atomic mass is 16.2. The van der Waals surface area contributed by atoms with Crippen LogP contribution < -0.4 is 15.5 Å². The number of rotatable bonds is 6. The molecule has 0 unspecified atom stereocenters. The first-order valence-corrected chi connectivity index (χ1v) is 11.0. The van der Waals surface area contributed by atoms with Crippen molar-refractivity contribution in [3.05, 3.63) is 95.1 Å². The van der Waals surface area contributed by atoms with Crippen LogP contribution in [0, 0.1) is 19.8 Å². The van der Waals surface area contributed by atoms with Gasteiger partial charge in [0.05, 0.1) is 17.2 Å². The van der Waals surface area contributed by atoms with Crippen LogP contribution in [0.5, 0.6) is 0 Å². The Labute approximate surface area is 193 Å². The van der Waals surface area contributed by atoms with E-state index in [0.717, 1.165) is 22.4 Å². The summed E-state index contributed by atoms with van der Waals surface area (Å²) in [5.74, 6) is -1.10. The smallest absolute Gasteiger partial charge is 0.253 e. The second-order valence-electron chi connectivity index (χ2n) is 8.39. The lowest BCUT2D eigenvalue weighted by molar-refractivity contribution is -0.122. The van der Waals surface area contributed by atoms with Crippen molar-refractivity contribution in [1.29, 1.82) is 0 Å². The number of nitrogens with zero attached hydrogens (tertiary/aromatic N) is 1. The molecule has 3 amide bonds. The zero-order chi connectivity index (χ0) is 23.4. The highest BCUT2D eigenvalue weighted by Crippen LogP contribution is 2.27. The summed E-state index contributed by atoms with van der Waals surface area (Å²) in [5.41, 5.74) is 4.81. The molecule has 1 aliphatic heterocycles. The van der Waals surface area contributed by atoms with E-state index in [1.54, 1.807) is 29.2 Å². The Bertz CT molecular complexity index is 1200. The van der Waals surface area contributed by atoms with Gasteiger partial charge in [0.2, 0.25) is 11.8 Å². The highest BCUT2D eigenvalue weighted by molar-refractivity contribution is 6.07. The quantitative estimate of drug-likeness (QED) is 0.601. The van der Waals surface area contributed by atoms with Crippen molar-refractivity contribution in [1.82, 2.24) is 5.32 Å². The molecule has 1 atom stereocenters. The number of anilines is 2. The lowest BCUT2D eigenvalue weighted by Gasteiger charge is -2.18. The molecule has 0 spiro atoms. The average molecular weight is 442 g/mol. The van der Waals surface area contributed by atoms with Crippen molar-refractivity contribution in [2.24, 2.45) is 5.92 Å². The maximum absolute atomic E-state index is 13.0. The Morgan fingerprint density at radius 3 is 2.52 bits per heavy atom. The first-order valence-electron chi connectivity index (χ1n) is 11.0. The molecular weight excluding hydrogens is 414 g/mol. The summed E-state index contributed by atoms with van der Waals surface area (Å²) in [6.07, 6.45) is 0.140. The van der Waals surface area contributed by atoms with E-state index in [1.807, 2.05) is 62.4 Å². The first-order chi connectivity index (χ1) is 15.9. The van der Waals surface area contributed by atoms with Crippen LogP contribution in [0.4, 0.5) is 11.4 Å². The number of nitrogens with one attached hydrogen (secondary N) is 2. The summed E-state index contributed by atoms with van der Waals surface area (Å²) >= 11 is 0. The average Bonchev–Trinajstić information content (AvgIpc) is 3.20. The molecule has 4 rings (SSSR count). The third kappa shape index (κ3) is 5.12. The molecule has 3 aromatic rings. The number of aryl methyl sites for hydroxylation is 2. The van der Waals surface area contributed by atoms with Crippen molar-refractivity contribution in [2.45, 2.75) is 26.8 Å². The molecule has 1 heterocycles. The van der Waals surface area contributed by atoms with Gasteiger partial charge in [0, 0.05) is 25.2 Å². The zero-order valence-electron chi connectivity index (χ0n) is 18.8. The van der Waals surface area contributed by atoms with Gasteiger partial charge in [-0.15, -0.1) is 0 Å². The molecule has 1 saturated heterocycles. The van der Waals surface area contributed by atoms with Gasteiger partial charge in [0.25, 0.3) is 5.91 Å². The molecule has 33 heavy (non-hydrogen) atoms. The van der Waals surface area contributed by atoms with E-state index in [4.69, 9.17) is 0 Å². The predicted molar refractivity (Wildman–Crippen MR) is 129 cm³/mol. The summed E-state index contributed by atoms with van der Waals surface area (Å²) in [4.78, 5) is 40.0. The summed E-state index contributed by atoms with van der Waals surface area (Å²) in [7, 11) is 0. The number of carbonyl (C=O) groups excluding carboxylic acids is 3. The van der Waals surface area contributed by atoms with Gasteiger partial charge in [-0.25, -0.2) is 0 Å². The van der Waals surface area contributed by atoms with Crippen molar-refractivity contribution in [3.8, 4) is 0 Å². The first kappa shape index (κ1) is 22.3. The molecule has 168 valence electrons. The minimum Gasteiger partial charge on any atom is -0.348 e. The van der Waals surface area contributed by atoms with Crippen LogP contribution >= 0.6 is 0 Å². The third-order valence-electron chi connectivity index (χ3n) is 5.94. The Hall–Kier alpha value is -3.93. The number of hydrogen-bond donors (Lipinski definition) is 2. The topological polar surface area (TPSA) is 78.5 Å². The van der Waals surface area contributed by atoms with E-state index < -0.39 is 5.92 Å². The van der Waals surface area contributed by atoms with E-state index in [9.17, 15) is 14.4 Å². The Balaban J connectivity index is 1.43. The molecule has 0 bridgehead atoms. The van der Waals surface area contributed by atoms with E-state index in [1.165, 1.54) is 0 Å². The summed E-state index contributed by atoms with van der Waals surface area (Å²) in [5, 5.41) is 5.80. The van der Waals surface area contributed by atoms with Gasteiger partial charge in [0.1, 0.15) is 0 Å². The second kappa shape index (κ2) is 9.69. The van der Waals surface area contributed by atoms with E-state index in [0.29, 0.717) is 24.3 Å². The van der Waals surface area contributed by atoms with Gasteiger partial charge in [-0.2, -0.15) is 0 Å². The zero-order valence-corrected chi connectivity index (χ0v) is 18.8. The fourth-order valence-corrected chi connectivity index (χ4v) is 4.03. The SMILES string of the molecule is Cc1cccc(N2C[C@@H](C(=O)Nc3ccccc3C(=O)NCc3ccccc3C)CC2=O)c1. The molecule has 0 aliphatic carbocycles. The largest absolute Gasteiger partial charge is 0.348 e. The van der Waals surface area contributed by atoms with Gasteiger partial charge >= 0.3 is 0 Å². The molecule has 2 N–H and O–H groups in total. The van der Waals surface area contributed by atoms with Gasteiger partial charge in [0.15, 0.2) is 0 Å². The fourth-order valence-electron chi connectivity index (χ4n) is 4.03. The molecular formula is C27H27N3O3. The molecule has 0 radical (unpaired) electrons. The van der Waals surface area contributed by atoms with Crippen LogP contribution in [-0.2, 0) is 16.1 Å². The second-order valence-corrected chi connectivity index (χ2v) is 8.39. The molecule has 0 saturated carbocycles. The van der Waals surface area contributed by atoms with Crippen molar-refractivity contribution in [2.75, 3.05) is 16.8 Å². The van der Waals surface area contributed by atoms with Crippen LogP contribution in [0.1, 0.15) is 33.5 Å². The molecule has 3 aromatic carbocycles. The monoisotopic (exact) mass is 441 g/mol. The molecule has 6 nitrogen and oxygen atoms in total. The van der Waals surface area contributed by atoms with Gasteiger partial charge < -0.3 is 15.5 Å². The van der Waals surface area contributed by atoms with Crippen LogP contribution in [0.3, 0.4) is 0 Å². The normalized spacial score (nSPS) is 15.4. The molecule has 0 aromatic heterocycles. The van der Waals surface area contributed by atoms with Crippen LogP contribution in [0.25, 0.3) is 0 Å². The summed E-state index contributed by atoms with van der Waals surface area (Å²) in [6, 6.07) is 22.5. The highest BCUT2D eigenvalue weighted by Gasteiger charge is 2.35. The van der Waals surface area contributed by atoms with Crippen LogP contribution in [-0.4, -0.2) is 24.3 Å². The van der Waals surface area contributed by atoms with Crippen molar-refractivity contribution in [3.63, 3.8) is 0 Å². The van der Waals surface area contributed by atoms with Crippen molar-refractivity contribution < 1.29 is 14.4 Å². The number of carbonyl (C=O) groups is 3. The summed E-state index contributed by atoms with van der Waals surface area (Å²) in [6.45, 7) is 4.68. The van der Waals surface area contributed by atoms with Gasteiger partial charge in [-0.05, 0) is 54.8 Å². The Kier molecular flexibility index (Phi) is 6.54. The van der Waals surface area contributed by atoms with Crippen molar-refractivity contribution >= 4 is 29.1 Å². The Morgan fingerprint density at radius 1 is 0.970 bits per heavy atom. The number of benzene rings is 3. The lowest BCUT2D eigenvalue weighted by atomic mass is 10.1. The standard InChI is InChI=1S/C27H27N3O3/c1-18-8-7-11-22(14-18)30-17-21(15-25(30)31)26(32)29-24-13-6-5-12-23(24)27(33)28-16-20-10-4-3-9-19(20)2/h3-14,21H,15-17H2,1-2H3,(H,28,33)(H,29,32)/t21-/m0/s1. The van der Waals surface area contributed by atoms with Gasteiger partial charge in [-0.3, -0.25) is 14.4 Å². The van der Waals surface area contributed by atoms with Gasteiger partial charge in [-0.1, -0.05) is 48.5 Å². The number of amides is 3. The lowest BCUT2D eigenvalue weighted by Crippen LogP contribution is -2.29. The van der Waals surface area contributed by atoms with Crippen LogP contribution in [0.15, 0.2) is 72.8 Å². The fraction of sp³-hybridized carbons (Fsp3) is 0.222. The maximum Gasteiger partial charge on any atom is 0.253 e. The molecule has 6 heteroatoms. The van der Waals surface area contributed by atoms with E-state index >= 15 is 0 Å².